The number of hydrogen-bond acceptors (Lipinski definition) is 5. The van der Waals surface area contributed by atoms with E-state index in [0.717, 1.165) is 22.9 Å². The molecule has 1 unspecified atom stereocenters. The number of para-hydroxylation sites is 1. The minimum atomic E-state index is -0.107. The highest BCUT2D eigenvalue weighted by Gasteiger charge is 2.33. The second-order valence-corrected chi connectivity index (χ2v) is 5.39. The lowest BCUT2D eigenvalue weighted by molar-refractivity contribution is 0.241. The van der Waals surface area contributed by atoms with Crippen LogP contribution in [-0.2, 0) is 6.61 Å². The van der Waals surface area contributed by atoms with E-state index in [4.69, 9.17) is 13.9 Å². The van der Waals surface area contributed by atoms with Gasteiger partial charge in [0.15, 0.2) is 0 Å². The molecule has 1 aliphatic rings. The molecule has 5 heteroatoms. The Kier molecular flexibility index (Phi) is 3.48. The lowest BCUT2D eigenvalue weighted by atomic mass is 10.1. The molecular weight excluding hydrogens is 292 g/mol. The van der Waals surface area contributed by atoms with E-state index in [1.165, 1.54) is 0 Å². The summed E-state index contributed by atoms with van der Waals surface area (Å²) in [6, 6.07) is 17.4. The Labute approximate surface area is 133 Å². The minimum absolute atomic E-state index is 0.0576. The zero-order chi connectivity index (χ0) is 15.6. The van der Waals surface area contributed by atoms with Crippen LogP contribution < -0.4 is 5.01 Å². The second-order valence-electron chi connectivity index (χ2n) is 5.39. The quantitative estimate of drug-likeness (QED) is 0.798. The maximum absolute atomic E-state index is 9.23. The maximum atomic E-state index is 9.23. The van der Waals surface area contributed by atoms with Gasteiger partial charge in [-0.15, -0.1) is 0 Å². The molecule has 5 nitrogen and oxygen atoms in total. The molecule has 0 aliphatic carbocycles. The van der Waals surface area contributed by atoms with Gasteiger partial charge < -0.3 is 13.9 Å². The van der Waals surface area contributed by atoms with Crippen LogP contribution in [0.3, 0.4) is 0 Å². The molecule has 0 saturated carbocycles. The van der Waals surface area contributed by atoms with Gasteiger partial charge in [-0.25, -0.2) is 0 Å². The Hall–Kier alpha value is -2.79. The van der Waals surface area contributed by atoms with Crippen molar-refractivity contribution >= 4 is 11.4 Å². The van der Waals surface area contributed by atoms with Gasteiger partial charge in [-0.2, -0.15) is 5.10 Å². The van der Waals surface area contributed by atoms with Crippen LogP contribution in [-0.4, -0.2) is 10.8 Å². The number of hydrazone groups is 1. The van der Waals surface area contributed by atoms with Gasteiger partial charge in [0.25, 0.3) is 0 Å². The highest BCUT2D eigenvalue weighted by atomic mass is 16.4. The van der Waals surface area contributed by atoms with Gasteiger partial charge >= 0.3 is 0 Å². The van der Waals surface area contributed by atoms with Gasteiger partial charge in [-0.05, 0) is 36.4 Å². The van der Waals surface area contributed by atoms with Crippen molar-refractivity contribution in [3.05, 3.63) is 78.1 Å². The van der Waals surface area contributed by atoms with E-state index < -0.39 is 0 Å². The third-order valence-electron chi connectivity index (χ3n) is 3.90. The van der Waals surface area contributed by atoms with Gasteiger partial charge in [-0.3, -0.25) is 5.01 Å². The third-order valence-corrected chi connectivity index (χ3v) is 3.90. The first-order chi connectivity index (χ1) is 11.3. The largest absolute Gasteiger partial charge is 0.463 e. The number of furan rings is 2. The van der Waals surface area contributed by atoms with Crippen molar-refractivity contribution in [2.75, 3.05) is 5.01 Å². The lowest BCUT2D eigenvalue weighted by Gasteiger charge is -2.21. The second kappa shape index (κ2) is 5.78. The molecule has 2 aromatic heterocycles. The zero-order valence-electron chi connectivity index (χ0n) is 12.4. The van der Waals surface area contributed by atoms with Gasteiger partial charge in [0, 0.05) is 6.42 Å². The molecule has 116 valence electrons. The summed E-state index contributed by atoms with van der Waals surface area (Å²) in [5.74, 6) is 2.10. The van der Waals surface area contributed by atoms with E-state index in [1.54, 1.807) is 12.3 Å². The molecule has 0 radical (unpaired) electrons. The van der Waals surface area contributed by atoms with Crippen molar-refractivity contribution in [1.29, 1.82) is 0 Å². The van der Waals surface area contributed by atoms with Gasteiger partial charge in [0.2, 0.25) is 0 Å². The van der Waals surface area contributed by atoms with Gasteiger partial charge in [-0.1, -0.05) is 18.2 Å². The molecule has 0 spiro atoms. The monoisotopic (exact) mass is 308 g/mol. The summed E-state index contributed by atoms with van der Waals surface area (Å²) in [4.78, 5) is 0. The Balaban J connectivity index is 1.72. The summed E-state index contributed by atoms with van der Waals surface area (Å²) >= 11 is 0. The molecule has 4 rings (SSSR count). The van der Waals surface area contributed by atoms with Crippen molar-refractivity contribution in [3.63, 3.8) is 0 Å². The smallest absolute Gasteiger partial charge is 0.149 e. The number of nitrogens with zero attached hydrogens (tertiary/aromatic N) is 2. The van der Waals surface area contributed by atoms with Crippen LogP contribution in [0.4, 0.5) is 5.69 Å². The molecular formula is C18H16N2O3. The normalized spacial score (nSPS) is 17.5. The number of rotatable bonds is 4. The summed E-state index contributed by atoms with van der Waals surface area (Å²) in [6.07, 6.45) is 2.33. The minimum Gasteiger partial charge on any atom is -0.463 e. The van der Waals surface area contributed by atoms with Crippen LogP contribution >= 0.6 is 0 Å². The summed E-state index contributed by atoms with van der Waals surface area (Å²) in [5.41, 5.74) is 1.87. The molecule has 0 bridgehead atoms. The van der Waals surface area contributed by atoms with E-state index in [2.05, 4.69) is 0 Å². The molecule has 1 atom stereocenters. The Morgan fingerprint density at radius 3 is 2.65 bits per heavy atom. The number of hydrogen-bond donors (Lipinski definition) is 1. The highest BCUT2D eigenvalue weighted by molar-refractivity contribution is 6.01. The van der Waals surface area contributed by atoms with Crippen LogP contribution in [0.1, 0.15) is 29.7 Å². The van der Waals surface area contributed by atoms with E-state index in [1.807, 2.05) is 53.5 Å². The Morgan fingerprint density at radius 1 is 1.09 bits per heavy atom. The van der Waals surface area contributed by atoms with Crippen LogP contribution in [0.15, 0.2) is 74.8 Å². The first-order valence-electron chi connectivity index (χ1n) is 7.50. The van der Waals surface area contributed by atoms with Crippen molar-refractivity contribution in [1.82, 2.24) is 0 Å². The number of benzene rings is 1. The molecule has 0 fully saturated rings. The predicted molar refractivity (Wildman–Crippen MR) is 86.2 cm³/mol. The molecule has 23 heavy (non-hydrogen) atoms. The lowest BCUT2D eigenvalue weighted by Crippen LogP contribution is -2.17. The summed E-state index contributed by atoms with van der Waals surface area (Å²) in [6.45, 7) is -0.107. The zero-order valence-corrected chi connectivity index (χ0v) is 12.4. The fourth-order valence-electron chi connectivity index (χ4n) is 2.80. The van der Waals surface area contributed by atoms with Crippen LogP contribution in [0.2, 0.25) is 0 Å². The average Bonchev–Trinajstić information content (AvgIpc) is 3.33. The standard InChI is InChI=1S/C18H16N2O3/c21-12-14-8-9-18(23-14)16-11-15(17-7-4-10-22-17)19-20(16)13-5-2-1-3-6-13/h1-10,16,21H,11-12H2. The molecule has 3 aromatic rings. The van der Waals surface area contributed by atoms with Crippen molar-refractivity contribution in [3.8, 4) is 0 Å². The van der Waals surface area contributed by atoms with E-state index in [0.29, 0.717) is 12.2 Å². The fraction of sp³-hybridized carbons (Fsp3) is 0.167. The maximum Gasteiger partial charge on any atom is 0.149 e. The molecule has 0 saturated heterocycles. The first kappa shape index (κ1) is 13.8. The average molecular weight is 308 g/mol. The highest BCUT2D eigenvalue weighted by Crippen LogP contribution is 2.37. The number of anilines is 1. The Bertz CT molecular complexity index is 806. The molecule has 1 N–H and O–H groups in total. The van der Waals surface area contributed by atoms with Crippen LogP contribution in [0, 0.1) is 0 Å². The van der Waals surface area contributed by atoms with E-state index in [-0.39, 0.29) is 12.6 Å². The fourth-order valence-corrected chi connectivity index (χ4v) is 2.80. The summed E-state index contributed by atoms with van der Waals surface area (Å²) < 4.78 is 11.2. The van der Waals surface area contributed by atoms with E-state index in [9.17, 15) is 5.11 Å². The Morgan fingerprint density at radius 2 is 1.96 bits per heavy atom. The number of aliphatic hydroxyl groups excluding tert-OH is 1. The molecule has 1 aliphatic heterocycles. The van der Waals surface area contributed by atoms with Crippen molar-refractivity contribution < 1.29 is 13.9 Å². The molecule has 0 amide bonds. The molecule has 3 heterocycles. The predicted octanol–water partition coefficient (Wildman–Crippen LogP) is 3.72. The summed E-state index contributed by atoms with van der Waals surface area (Å²) in [5, 5.41) is 15.9. The van der Waals surface area contributed by atoms with Crippen LogP contribution in [0.25, 0.3) is 0 Å². The van der Waals surface area contributed by atoms with Gasteiger partial charge in [0.05, 0.1) is 12.0 Å². The topological polar surface area (TPSA) is 62.1 Å². The first-order valence-corrected chi connectivity index (χ1v) is 7.50. The third kappa shape index (κ3) is 2.55. The van der Waals surface area contributed by atoms with Crippen molar-refractivity contribution in [2.45, 2.75) is 19.1 Å². The molecule has 1 aromatic carbocycles. The summed E-state index contributed by atoms with van der Waals surface area (Å²) in [7, 11) is 0. The van der Waals surface area contributed by atoms with Gasteiger partial charge in [0.1, 0.15) is 35.6 Å². The SMILES string of the molecule is OCc1ccc(C2CC(c3ccco3)=NN2c2ccccc2)o1. The van der Waals surface area contributed by atoms with Crippen molar-refractivity contribution in [2.24, 2.45) is 5.10 Å². The van der Waals surface area contributed by atoms with Crippen LogP contribution in [0.5, 0.6) is 0 Å². The number of aliphatic hydroxyl groups is 1. The van der Waals surface area contributed by atoms with E-state index >= 15 is 0 Å².